The van der Waals surface area contributed by atoms with Gasteiger partial charge in [0.25, 0.3) is 5.91 Å². The average molecular weight is 252 g/mol. The molecule has 0 atom stereocenters. The number of benzene rings is 1. The number of nitrogen functional groups attached to an aromatic ring is 1. The first kappa shape index (κ1) is 13.8. The normalized spacial score (nSPS) is 9.67. The molecule has 6 nitrogen and oxygen atoms in total. The van der Waals surface area contributed by atoms with Crippen molar-refractivity contribution in [2.75, 3.05) is 26.0 Å². The third kappa shape index (κ3) is 3.65. The molecule has 3 N–H and O–H groups in total. The maximum absolute atomic E-state index is 11.5. The lowest BCUT2D eigenvalue weighted by molar-refractivity contribution is -0.123. The Kier molecular flexibility index (Phi) is 4.98. The molecule has 0 fully saturated rings. The molecule has 1 rings (SSSR count). The number of rotatable bonds is 5. The third-order valence-corrected chi connectivity index (χ3v) is 2.14. The number of anilines is 1. The fraction of sp³-hybridized carbons (Fsp3) is 0.333. The Morgan fingerprint density at radius 2 is 2.11 bits per heavy atom. The van der Waals surface area contributed by atoms with Crippen molar-refractivity contribution in [2.45, 2.75) is 6.92 Å². The predicted molar refractivity (Wildman–Crippen MR) is 66.4 cm³/mol. The number of amides is 1. The Morgan fingerprint density at radius 3 is 2.72 bits per heavy atom. The molecule has 0 unspecified atom stereocenters. The molecular formula is C12H16N2O4. The molecule has 98 valence electrons. The zero-order chi connectivity index (χ0) is 13.5. The zero-order valence-electron chi connectivity index (χ0n) is 10.4. The number of esters is 1. The van der Waals surface area contributed by atoms with Crippen LogP contribution in [0.2, 0.25) is 0 Å². The van der Waals surface area contributed by atoms with Gasteiger partial charge in [-0.1, -0.05) is 0 Å². The minimum Gasteiger partial charge on any atom is -0.483 e. The van der Waals surface area contributed by atoms with Gasteiger partial charge in [0.2, 0.25) is 0 Å². The summed E-state index contributed by atoms with van der Waals surface area (Å²) in [4.78, 5) is 22.7. The lowest BCUT2D eigenvalue weighted by Gasteiger charge is -2.10. The van der Waals surface area contributed by atoms with Gasteiger partial charge in [0, 0.05) is 18.3 Å². The summed E-state index contributed by atoms with van der Waals surface area (Å²) in [5, 5.41) is 2.58. The topological polar surface area (TPSA) is 90.6 Å². The summed E-state index contributed by atoms with van der Waals surface area (Å²) < 4.78 is 9.87. The van der Waals surface area contributed by atoms with E-state index in [-0.39, 0.29) is 23.8 Å². The first-order valence-electron chi connectivity index (χ1n) is 5.45. The van der Waals surface area contributed by atoms with Gasteiger partial charge in [0.15, 0.2) is 6.61 Å². The van der Waals surface area contributed by atoms with E-state index in [0.717, 1.165) is 0 Å². The fourth-order valence-corrected chi connectivity index (χ4v) is 1.33. The second kappa shape index (κ2) is 6.48. The van der Waals surface area contributed by atoms with Crippen molar-refractivity contribution < 1.29 is 19.1 Å². The van der Waals surface area contributed by atoms with E-state index in [0.29, 0.717) is 12.2 Å². The SMILES string of the molecule is CCNC(=O)COc1cc(N)ccc1C(=O)OC. The third-order valence-electron chi connectivity index (χ3n) is 2.14. The molecule has 0 aromatic heterocycles. The van der Waals surface area contributed by atoms with Crippen molar-refractivity contribution in [3.8, 4) is 5.75 Å². The second-order valence-corrected chi connectivity index (χ2v) is 3.49. The second-order valence-electron chi connectivity index (χ2n) is 3.49. The van der Waals surface area contributed by atoms with Crippen molar-refractivity contribution in [3.05, 3.63) is 23.8 Å². The lowest BCUT2D eigenvalue weighted by Crippen LogP contribution is -2.28. The summed E-state index contributed by atoms with van der Waals surface area (Å²) in [5.74, 6) is -0.579. The van der Waals surface area contributed by atoms with Crippen LogP contribution in [0.5, 0.6) is 5.75 Å². The van der Waals surface area contributed by atoms with E-state index in [1.165, 1.54) is 19.2 Å². The number of nitrogens with two attached hydrogens (primary N) is 1. The molecule has 0 heterocycles. The molecule has 0 spiro atoms. The van der Waals surface area contributed by atoms with Crippen LogP contribution in [0, 0.1) is 0 Å². The number of likely N-dealkylation sites (N-methyl/N-ethyl adjacent to an activating group) is 1. The van der Waals surface area contributed by atoms with Crippen LogP contribution in [0.1, 0.15) is 17.3 Å². The van der Waals surface area contributed by atoms with E-state index in [9.17, 15) is 9.59 Å². The Balaban J connectivity index is 2.82. The Morgan fingerprint density at radius 1 is 1.39 bits per heavy atom. The maximum Gasteiger partial charge on any atom is 0.341 e. The molecular weight excluding hydrogens is 236 g/mol. The van der Waals surface area contributed by atoms with Crippen LogP contribution in [-0.2, 0) is 9.53 Å². The Labute approximate surface area is 105 Å². The number of ether oxygens (including phenoxy) is 2. The molecule has 6 heteroatoms. The van der Waals surface area contributed by atoms with Crippen LogP contribution < -0.4 is 15.8 Å². The van der Waals surface area contributed by atoms with Crippen LogP contribution in [0.3, 0.4) is 0 Å². The molecule has 18 heavy (non-hydrogen) atoms. The highest BCUT2D eigenvalue weighted by atomic mass is 16.5. The summed E-state index contributed by atoms with van der Waals surface area (Å²) in [6, 6.07) is 4.53. The molecule has 0 aliphatic carbocycles. The molecule has 0 radical (unpaired) electrons. The molecule has 1 aromatic carbocycles. The predicted octanol–water partition coefficient (Wildman–Crippen LogP) is 0.570. The number of hydrogen-bond acceptors (Lipinski definition) is 5. The van der Waals surface area contributed by atoms with E-state index in [4.69, 9.17) is 10.5 Å². The average Bonchev–Trinajstić information content (AvgIpc) is 2.36. The minimum atomic E-state index is -0.541. The van der Waals surface area contributed by atoms with E-state index >= 15 is 0 Å². The van der Waals surface area contributed by atoms with Crippen LogP contribution in [-0.4, -0.2) is 32.1 Å². The van der Waals surface area contributed by atoms with E-state index in [2.05, 4.69) is 10.1 Å². The highest BCUT2D eigenvalue weighted by molar-refractivity contribution is 5.93. The number of nitrogens with one attached hydrogen (secondary N) is 1. The van der Waals surface area contributed by atoms with Crippen molar-refractivity contribution >= 4 is 17.6 Å². The van der Waals surface area contributed by atoms with Gasteiger partial charge in [0.05, 0.1) is 7.11 Å². The maximum atomic E-state index is 11.5. The van der Waals surface area contributed by atoms with Crippen LogP contribution in [0.25, 0.3) is 0 Å². The highest BCUT2D eigenvalue weighted by Gasteiger charge is 2.14. The van der Waals surface area contributed by atoms with E-state index in [1.54, 1.807) is 13.0 Å². The number of hydrogen-bond donors (Lipinski definition) is 2. The van der Waals surface area contributed by atoms with Crippen molar-refractivity contribution in [3.63, 3.8) is 0 Å². The Hall–Kier alpha value is -2.24. The van der Waals surface area contributed by atoms with Crippen molar-refractivity contribution in [1.82, 2.24) is 5.32 Å². The standard InChI is InChI=1S/C12H16N2O4/c1-3-14-11(15)7-18-10-6-8(13)4-5-9(10)12(16)17-2/h4-6H,3,7,13H2,1-2H3,(H,14,15). The van der Waals surface area contributed by atoms with Crippen LogP contribution in [0.4, 0.5) is 5.69 Å². The molecule has 1 amide bonds. The van der Waals surface area contributed by atoms with Gasteiger partial charge >= 0.3 is 5.97 Å². The largest absolute Gasteiger partial charge is 0.483 e. The summed E-state index contributed by atoms with van der Waals surface area (Å²) >= 11 is 0. The van der Waals surface area contributed by atoms with Gasteiger partial charge < -0.3 is 20.5 Å². The lowest BCUT2D eigenvalue weighted by atomic mass is 10.2. The smallest absolute Gasteiger partial charge is 0.341 e. The quantitative estimate of drug-likeness (QED) is 0.590. The van der Waals surface area contributed by atoms with Gasteiger partial charge in [-0.25, -0.2) is 4.79 Å². The molecule has 0 bridgehead atoms. The van der Waals surface area contributed by atoms with Gasteiger partial charge in [-0.05, 0) is 19.1 Å². The van der Waals surface area contributed by atoms with Crippen molar-refractivity contribution in [2.24, 2.45) is 0 Å². The first-order valence-corrected chi connectivity index (χ1v) is 5.45. The summed E-state index contributed by atoms with van der Waals surface area (Å²) in [6.45, 7) is 2.14. The van der Waals surface area contributed by atoms with Crippen LogP contribution >= 0.6 is 0 Å². The highest BCUT2D eigenvalue weighted by Crippen LogP contribution is 2.22. The Bertz CT molecular complexity index is 446. The fourth-order valence-electron chi connectivity index (χ4n) is 1.33. The molecule has 1 aromatic rings. The summed E-state index contributed by atoms with van der Waals surface area (Å²) in [6.07, 6.45) is 0. The van der Waals surface area contributed by atoms with Crippen LogP contribution in [0.15, 0.2) is 18.2 Å². The van der Waals surface area contributed by atoms with Crippen molar-refractivity contribution in [1.29, 1.82) is 0 Å². The molecule has 0 saturated carbocycles. The minimum absolute atomic E-state index is 0.179. The first-order chi connectivity index (χ1) is 8.58. The summed E-state index contributed by atoms with van der Waals surface area (Å²) in [7, 11) is 1.27. The molecule has 0 aliphatic rings. The van der Waals surface area contributed by atoms with Gasteiger partial charge in [0.1, 0.15) is 11.3 Å². The van der Waals surface area contributed by atoms with Gasteiger partial charge in [-0.3, -0.25) is 4.79 Å². The monoisotopic (exact) mass is 252 g/mol. The van der Waals surface area contributed by atoms with Gasteiger partial charge in [-0.15, -0.1) is 0 Å². The van der Waals surface area contributed by atoms with Gasteiger partial charge in [-0.2, -0.15) is 0 Å². The number of methoxy groups -OCH3 is 1. The van der Waals surface area contributed by atoms with E-state index < -0.39 is 5.97 Å². The van der Waals surface area contributed by atoms with E-state index in [1.807, 2.05) is 0 Å². The summed E-state index contributed by atoms with van der Waals surface area (Å²) in [5.41, 5.74) is 6.27. The molecule has 0 saturated heterocycles. The number of carbonyl (C=O) groups excluding carboxylic acids is 2. The zero-order valence-corrected chi connectivity index (χ0v) is 10.4. The number of carbonyl (C=O) groups is 2. The molecule has 0 aliphatic heterocycles.